The fourth-order valence-electron chi connectivity index (χ4n) is 1.48. The fraction of sp³-hybridized carbons (Fsp3) is 0.364. The summed E-state index contributed by atoms with van der Waals surface area (Å²) in [6.45, 7) is 2.41. The maximum absolute atomic E-state index is 11.4. The molecular weight excluding hydrogens is 252 g/mol. The standard InChI is InChI=1S/C11H14N4O2S/c1-7-9(10(16)17-3)14-11(18-7)13-6-8-12-4-5-15(8)2/h4-5H,6H2,1-3H3,(H,13,14). The molecule has 0 aliphatic heterocycles. The van der Waals surface area contributed by atoms with Crippen molar-refractivity contribution < 1.29 is 9.53 Å². The van der Waals surface area contributed by atoms with E-state index >= 15 is 0 Å². The maximum atomic E-state index is 11.4. The van der Waals surface area contributed by atoms with Crippen LogP contribution in [0.5, 0.6) is 0 Å². The Morgan fingerprint density at radius 3 is 3.00 bits per heavy atom. The van der Waals surface area contributed by atoms with E-state index in [1.165, 1.54) is 18.4 Å². The van der Waals surface area contributed by atoms with Gasteiger partial charge in [0.15, 0.2) is 10.8 Å². The molecule has 0 aliphatic rings. The zero-order valence-corrected chi connectivity index (χ0v) is 11.2. The second-order valence-corrected chi connectivity index (χ2v) is 4.93. The highest BCUT2D eigenvalue weighted by Gasteiger charge is 2.15. The van der Waals surface area contributed by atoms with E-state index in [0.29, 0.717) is 17.4 Å². The van der Waals surface area contributed by atoms with Gasteiger partial charge in [-0.15, -0.1) is 11.3 Å². The molecule has 0 fully saturated rings. The molecule has 2 heterocycles. The Morgan fingerprint density at radius 1 is 1.61 bits per heavy atom. The Hall–Kier alpha value is -1.89. The predicted octanol–water partition coefficient (Wildman–Crippen LogP) is 1.58. The summed E-state index contributed by atoms with van der Waals surface area (Å²) in [7, 11) is 3.28. The quantitative estimate of drug-likeness (QED) is 0.851. The van der Waals surface area contributed by atoms with Gasteiger partial charge in [-0.1, -0.05) is 0 Å². The van der Waals surface area contributed by atoms with Gasteiger partial charge < -0.3 is 14.6 Å². The number of anilines is 1. The molecule has 0 unspecified atom stereocenters. The van der Waals surface area contributed by atoms with Crippen LogP contribution in [0, 0.1) is 6.92 Å². The number of aryl methyl sites for hydroxylation is 2. The van der Waals surface area contributed by atoms with Crippen molar-refractivity contribution >= 4 is 22.4 Å². The lowest BCUT2D eigenvalue weighted by molar-refractivity contribution is 0.0594. The maximum Gasteiger partial charge on any atom is 0.357 e. The number of aromatic nitrogens is 3. The molecule has 1 N–H and O–H groups in total. The number of methoxy groups -OCH3 is 1. The smallest absolute Gasteiger partial charge is 0.357 e. The van der Waals surface area contributed by atoms with Crippen LogP contribution in [-0.4, -0.2) is 27.6 Å². The lowest BCUT2D eigenvalue weighted by Gasteiger charge is -2.02. The molecule has 0 saturated carbocycles. The average Bonchev–Trinajstić information content (AvgIpc) is 2.92. The molecule has 0 amide bonds. The Morgan fingerprint density at radius 2 is 2.39 bits per heavy atom. The van der Waals surface area contributed by atoms with E-state index in [1.54, 1.807) is 6.20 Å². The molecule has 0 aromatic carbocycles. The van der Waals surface area contributed by atoms with Crippen molar-refractivity contribution in [2.75, 3.05) is 12.4 Å². The first-order valence-electron chi connectivity index (χ1n) is 5.37. The summed E-state index contributed by atoms with van der Waals surface area (Å²) in [6.07, 6.45) is 3.62. The summed E-state index contributed by atoms with van der Waals surface area (Å²) in [6, 6.07) is 0. The summed E-state index contributed by atoms with van der Waals surface area (Å²) in [5.41, 5.74) is 0.366. The number of rotatable bonds is 4. The molecule has 0 aliphatic carbocycles. The van der Waals surface area contributed by atoms with Gasteiger partial charge in [0.1, 0.15) is 5.82 Å². The minimum atomic E-state index is -0.409. The number of carbonyl (C=O) groups excluding carboxylic acids is 1. The molecule has 2 rings (SSSR count). The van der Waals surface area contributed by atoms with Crippen LogP contribution in [-0.2, 0) is 18.3 Å². The number of nitrogens with one attached hydrogen (secondary N) is 1. The first-order chi connectivity index (χ1) is 8.61. The number of carbonyl (C=O) groups is 1. The molecule has 0 atom stereocenters. The topological polar surface area (TPSA) is 69.0 Å². The lowest BCUT2D eigenvalue weighted by atomic mass is 10.4. The van der Waals surface area contributed by atoms with Crippen molar-refractivity contribution in [3.05, 3.63) is 28.8 Å². The number of imidazole rings is 1. The average molecular weight is 266 g/mol. The molecule has 0 radical (unpaired) electrons. The first kappa shape index (κ1) is 12.6. The molecular formula is C11H14N4O2S. The molecule has 0 saturated heterocycles. The van der Waals surface area contributed by atoms with Gasteiger partial charge in [-0.2, -0.15) is 0 Å². The van der Waals surface area contributed by atoms with E-state index in [2.05, 4.69) is 20.0 Å². The van der Waals surface area contributed by atoms with Gasteiger partial charge in [-0.25, -0.2) is 14.8 Å². The fourth-order valence-corrected chi connectivity index (χ4v) is 2.28. The van der Waals surface area contributed by atoms with Gasteiger partial charge in [0.25, 0.3) is 0 Å². The summed E-state index contributed by atoms with van der Waals surface area (Å²) in [5.74, 6) is 0.497. The molecule has 2 aromatic heterocycles. The first-order valence-corrected chi connectivity index (χ1v) is 6.19. The van der Waals surface area contributed by atoms with Gasteiger partial charge in [0.05, 0.1) is 13.7 Å². The number of esters is 1. The summed E-state index contributed by atoms with van der Waals surface area (Å²) in [5, 5.41) is 3.84. The number of thiazole rings is 1. The minimum Gasteiger partial charge on any atom is -0.464 e. The molecule has 0 spiro atoms. The largest absolute Gasteiger partial charge is 0.464 e. The number of ether oxygens (including phenoxy) is 1. The highest BCUT2D eigenvalue weighted by atomic mass is 32.1. The molecule has 96 valence electrons. The van der Waals surface area contributed by atoms with E-state index in [0.717, 1.165) is 10.7 Å². The number of hydrogen-bond donors (Lipinski definition) is 1. The third-order valence-corrected chi connectivity index (χ3v) is 3.42. The van der Waals surface area contributed by atoms with Crippen LogP contribution < -0.4 is 5.32 Å². The van der Waals surface area contributed by atoms with E-state index < -0.39 is 5.97 Å². The Labute approximate surface area is 109 Å². The van der Waals surface area contributed by atoms with Crippen molar-refractivity contribution in [2.24, 2.45) is 7.05 Å². The Balaban J connectivity index is 2.07. The third kappa shape index (κ3) is 2.51. The van der Waals surface area contributed by atoms with Crippen LogP contribution in [0.1, 0.15) is 21.2 Å². The SMILES string of the molecule is COC(=O)c1nc(NCc2nccn2C)sc1C. The molecule has 2 aromatic rings. The Bertz CT molecular complexity index is 561. The number of hydrogen-bond acceptors (Lipinski definition) is 6. The third-order valence-electron chi connectivity index (χ3n) is 2.49. The second kappa shape index (κ2) is 5.18. The normalized spacial score (nSPS) is 10.4. The van der Waals surface area contributed by atoms with Crippen LogP contribution in [0.4, 0.5) is 5.13 Å². The van der Waals surface area contributed by atoms with Crippen molar-refractivity contribution in [2.45, 2.75) is 13.5 Å². The lowest BCUT2D eigenvalue weighted by Crippen LogP contribution is -2.06. The van der Waals surface area contributed by atoms with E-state index in [4.69, 9.17) is 0 Å². The van der Waals surface area contributed by atoms with Crippen molar-refractivity contribution in [1.29, 1.82) is 0 Å². The summed E-state index contributed by atoms with van der Waals surface area (Å²) < 4.78 is 6.59. The van der Waals surface area contributed by atoms with Gasteiger partial charge in [-0.3, -0.25) is 0 Å². The van der Waals surface area contributed by atoms with E-state index in [9.17, 15) is 4.79 Å². The monoisotopic (exact) mass is 266 g/mol. The van der Waals surface area contributed by atoms with E-state index in [-0.39, 0.29) is 0 Å². The van der Waals surface area contributed by atoms with Crippen LogP contribution >= 0.6 is 11.3 Å². The molecule has 7 heteroatoms. The summed E-state index contributed by atoms with van der Waals surface area (Å²) in [4.78, 5) is 20.7. The van der Waals surface area contributed by atoms with Crippen molar-refractivity contribution in [3.8, 4) is 0 Å². The zero-order chi connectivity index (χ0) is 13.1. The molecule has 18 heavy (non-hydrogen) atoms. The second-order valence-electron chi connectivity index (χ2n) is 3.72. The van der Waals surface area contributed by atoms with Gasteiger partial charge in [0, 0.05) is 24.3 Å². The minimum absolute atomic E-state index is 0.366. The van der Waals surface area contributed by atoms with E-state index in [1.807, 2.05) is 24.7 Å². The van der Waals surface area contributed by atoms with Crippen LogP contribution in [0.15, 0.2) is 12.4 Å². The van der Waals surface area contributed by atoms with Gasteiger partial charge >= 0.3 is 5.97 Å². The molecule has 6 nitrogen and oxygen atoms in total. The molecule has 0 bridgehead atoms. The van der Waals surface area contributed by atoms with Gasteiger partial charge in [-0.05, 0) is 6.92 Å². The van der Waals surface area contributed by atoms with Gasteiger partial charge in [0.2, 0.25) is 0 Å². The highest BCUT2D eigenvalue weighted by molar-refractivity contribution is 7.15. The number of nitrogens with zero attached hydrogens (tertiary/aromatic N) is 3. The highest BCUT2D eigenvalue weighted by Crippen LogP contribution is 2.22. The predicted molar refractivity (Wildman–Crippen MR) is 68.7 cm³/mol. The van der Waals surface area contributed by atoms with Crippen LogP contribution in [0.3, 0.4) is 0 Å². The van der Waals surface area contributed by atoms with Crippen molar-refractivity contribution in [1.82, 2.24) is 14.5 Å². The van der Waals surface area contributed by atoms with Crippen LogP contribution in [0.2, 0.25) is 0 Å². The Kier molecular flexibility index (Phi) is 3.61. The van der Waals surface area contributed by atoms with Crippen LogP contribution in [0.25, 0.3) is 0 Å². The summed E-state index contributed by atoms with van der Waals surface area (Å²) >= 11 is 1.43. The zero-order valence-electron chi connectivity index (χ0n) is 10.4. The van der Waals surface area contributed by atoms with Crippen molar-refractivity contribution in [3.63, 3.8) is 0 Å².